The van der Waals surface area contributed by atoms with Gasteiger partial charge in [0.25, 0.3) is 11.8 Å². The van der Waals surface area contributed by atoms with Gasteiger partial charge < -0.3 is 20.4 Å². The molecule has 3 atom stereocenters. The summed E-state index contributed by atoms with van der Waals surface area (Å²) in [6.45, 7) is 2.60. The van der Waals surface area contributed by atoms with Gasteiger partial charge in [-0.25, -0.2) is 14.7 Å². The number of imidazole rings is 1. The number of carbonyl (C=O) groups is 4. The lowest BCUT2D eigenvalue weighted by Crippen LogP contribution is -2.51. The van der Waals surface area contributed by atoms with Crippen LogP contribution in [0.3, 0.4) is 0 Å². The van der Waals surface area contributed by atoms with E-state index in [1.807, 2.05) is 0 Å². The molecular weight excluding hydrogens is 635 g/mol. The van der Waals surface area contributed by atoms with Gasteiger partial charge in [0.2, 0.25) is 11.9 Å². The number of halogens is 2. The number of nitrogens with one attached hydrogen (secondary N) is 3. The molecule has 0 radical (unpaired) electrons. The lowest BCUT2D eigenvalue weighted by molar-refractivity contribution is -0.133. The molecule has 1 aliphatic carbocycles. The van der Waals surface area contributed by atoms with Crippen LogP contribution in [0.4, 0.5) is 16.4 Å². The second-order valence-electron chi connectivity index (χ2n) is 12.3. The molecule has 3 aromatic rings. The number of hydrogen-bond donors (Lipinski definition) is 3. The number of rotatable bonds is 7. The highest BCUT2D eigenvalue weighted by Crippen LogP contribution is 2.44. The highest BCUT2D eigenvalue weighted by atomic mass is 35.5. The Labute approximate surface area is 273 Å². The number of nitrogens with zero attached hydrogens (tertiary/aromatic N) is 5. The monoisotopic (exact) mass is 662 g/mol. The number of hydrogen-bond acceptors (Lipinski definition) is 8. The van der Waals surface area contributed by atoms with Crippen molar-refractivity contribution in [1.29, 1.82) is 5.26 Å². The van der Waals surface area contributed by atoms with Crippen molar-refractivity contribution in [2.24, 2.45) is 5.92 Å². The number of benzene rings is 2. The smallest absolute Gasteiger partial charge is 0.352 e. The van der Waals surface area contributed by atoms with Crippen LogP contribution in [-0.4, -0.2) is 63.1 Å². The summed E-state index contributed by atoms with van der Waals surface area (Å²) in [6, 6.07) is 13.7. The van der Waals surface area contributed by atoms with Gasteiger partial charge in [0, 0.05) is 35.5 Å². The molecule has 0 bridgehead atoms. The molecule has 4 aliphatic rings. The standard InChI is InChI=1S/C31H28Cl2N8O5/c1-30(13-17-2-4-18(14-34)5-3-17)26(43)40(22-11-20(32)10-21(33)12-22)28-35-15-23(41(28)30)25(42)37-31(7-8-31)27(44)39-9-6-19(16-39)24-36-29(45)46-38-24/h2-5,10-12,15,19,24,38H,6-9,13,16H2,1H3,(H,36,45)(H,37,42)/t19-,24?,30+/m0/s1. The Morgan fingerprint density at radius 2 is 1.87 bits per heavy atom. The molecule has 2 aromatic carbocycles. The number of likely N-dealkylation sites (tertiary alicyclic amines) is 1. The first kappa shape index (κ1) is 30.0. The molecule has 3 fully saturated rings. The number of aromatic nitrogens is 2. The average Bonchev–Trinajstić information content (AvgIpc) is 3.38. The maximum Gasteiger partial charge on any atom is 0.427 e. The fourth-order valence-corrected chi connectivity index (χ4v) is 7.10. The van der Waals surface area contributed by atoms with Crippen molar-refractivity contribution in [2.75, 3.05) is 18.0 Å². The van der Waals surface area contributed by atoms with Gasteiger partial charge in [-0.05, 0) is 62.1 Å². The summed E-state index contributed by atoms with van der Waals surface area (Å²) in [4.78, 5) is 65.9. The molecular formula is C31H28Cl2N8O5. The third kappa shape index (κ3) is 5.02. The van der Waals surface area contributed by atoms with E-state index in [1.54, 1.807) is 58.9 Å². The van der Waals surface area contributed by atoms with Crippen LogP contribution in [0, 0.1) is 17.2 Å². The minimum Gasteiger partial charge on any atom is -0.352 e. The fraction of sp³-hybridized carbons (Fsp3) is 0.355. The largest absolute Gasteiger partial charge is 0.427 e. The van der Waals surface area contributed by atoms with Gasteiger partial charge in [-0.15, -0.1) is 5.48 Å². The Balaban J connectivity index is 1.18. The summed E-state index contributed by atoms with van der Waals surface area (Å²) in [6.07, 6.45) is 2.22. The number of carbonyl (C=O) groups excluding carboxylic acids is 4. The van der Waals surface area contributed by atoms with Crippen LogP contribution in [0.15, 0.2) is 48.7 Å². The van der Waals surface area contributed by atoms with E-state index in [-0.39, 0.29) is 35.8 Å². The fourth-order valence-electron chi connectivity index (χ4n) is 6.59. The molecule has 2 saturated heterocycles. The Bertz CT molecular complexity index is 1810. The van der Waals surface area contributed by atoms with Crippen LogP contribution in [0.5, 0.6) is 0 Å². The lowest BCUT2D eigenvalue weighted by Gasteiger charge is -2.28. The normalized spacial score (nSPS) is 24.3. The van der Waals surface area contributed by atoms with Crippen LogP contribution >= 0.6 is 23.2 Å². The second kappa shape index (κ2) is 11.0. The quantitative estimate of drug-likeness (QED) is 0.347. The van der Waals surface area contributed by atoms with E-state index in [0.29, 0.717) is 53.6 Å². The van der Waals surface area contributed by atoms with E-state index in [9.17, 15) is 24.4 Å². The minimum atomic E-state index is -1.31. The highest BCUT2D eigenvalue weighted by molar-refractivity contribution is 6.35. The van der Waals surface area contributed by atoms with Crippen molar-refractivity contribution in [3.05, 3.63) is 75.5 Å². The van der Waals surface area contributed by atoms with Gasteiger partial charge in [0.1, 0.15) is 22.9 Å². The van der Waals surface area contributed by atoms with E-state index >= 15 is 0 Å². The average molecular weight is 664 g/mol. The molecule has 13 nitrogen and oxygen atoms in total. The van der Waals surface area contributed by atoms with Crippen molar-refractivity contribution < 1.29 is 24.0 Å². The topological polar surface area (TPSA) is 162 Å². The zero-order chi connectivity index (χ0) is 32.4. The Kier molecular flexibility index (Phi) is 7.19. The van der Waals surface area contributed by atoms with Crippen molar-refractivity contribution >= 4 is 58.7 Å². The van der Waals surface area contributed by atoms with Crippen molar-refractivity contribution in [1.82, 2.24) is 30.6 Å². The van der Waals surface area contributed by atoms with Crippen LogP contribution in [0.25, 0.3) is 0 Å². The molecule has 3 aliphatic heterocycles. The van der Waals surface area contributed by atoms with Gasteiger partial charge in [-0.1, -0.05) is 35.3 Å². The summed E-state index contributed by atoms with van der Waals surface area (Å²) in [5.41, 5.74) is 2.01. The number of amides is 4. The molecule has 7 rings (SSSR count). The summed E-state index contributed by atoms with van der Waals surface area (Å²) >= 11 is 12.6. The number of anilines is 2. The predicted octanol–water partition coefficient (Wildman–Crippen LogP) is 3.38. The minimum absolute atomic E-state index is 0.0417. The van der Waals surface area contributed by atoms with Gasteiger partial charge in [0.15, 0.2) is 0 Å². The van der Waals surface area contributed by atoms with Crippen molar-refractivity contribution in [2.45, 2.75) is 49.9 Å². The Morgan fingerprint density at radius 1 is 1.15 bits per heavy atom. The van der Waals surface area contributed by atoms with Crippen LogP contribution in [0.1, 0.15) is 47.8 Å². The predicted molar refractivity (Wildman–Crippen MR) is 165 cm³/mol. The molecule has 3 N–H and O–H groups in total. The third-order valence-electron chi connectivity index (χ3n) is 9.12. The lowest BCUT2D eigenvalue weighted by atomic mass is 9.91. The van der Waals surface area contributed by atoms with Gasteiger partial charge in [-0.2, -0.15) is 5.26 Å². The number of nitriles is 1. The van der Waals surface area contributed by atoms with Crippen LogP contribution in [0.2, 0.25) is 10.0 Å². The van der Waals surface area contributed by atoms with Gasteiger partial charge >= 0.3 is 6.09 Å². The second-order valence-corrected chi connectivity index (χ2v) is 13.1. The van der Waals surface area contributed by atoms with Crippen molar-refractivity contribution in [3.8, 4) is 6.07 Å². The molecule has 46 heavy (non-hydrogen) atoms. The number of hydroxylamine groups is 1. The molecule has 4 heterocycles. The van der Waals surface area contributed by atoms with Gasteiger partial charge in [0.05, 0.1) is 23.5 Å². The van der Waals surface area contributed by atoms with Gasteiger partial charge in [-0.3, -0.25) is 19.0 Å². The summed E-state index contributed by atoms with van der Waals surface area (Å²) in [5.74, 6) is -0.926. The summed E-state index contributed by atoms with van der Waals surface area (Å²) < 4.78 is 1.60. The first-order valence-electron chi connectivity index (χ1n) is 14.7. The van der Waals surface area contributed by atoms with Crippen LogP contribution in [-0.2, 0) is 26.4 Å². The van der Waals surface area contributed by atoms with E-state index in [1.165, 1.54) is 11.1 Å². The molecule has 15 heteroatoms. The first-order chi connectivity index (χ1) is 22.0. The zero-order valence-electron chi connectivity index (χ0n) is 24.5. The van der Waals surface area contributed by atoms with Crippen molar-refractivity contribution in [3.63, 3.8) is 0 Å². The Hall–Kier alpha value is -4.64. The summed E-state index contributed by atoms with van der Waals surface area (Å²) in [7, 11) is 0. The molecule has 236 valence electrons. The zero-order valence-corrected chi connectivity index (χ0v) is 26.1. The SMILES string of the molecule is C[C@@]1(Cc2ccc(C#N)cc2)C(=O)N(c2cc(Cl)cc(Cl)c2)c2ncc(C(=O)NC3(C(=O)N4CC[C@H](C5NOC(=O)N5)C4)CC3)n21. The maximum atomic E-state index is 14.3. The first-order valence-corrected chi connectivity index (χ1v) is 15.5. The van der Waals surface area contributed by atoms with E-state index in [0.717, 1.165) is 5.56 Å². The summed E-state index contributed by atoms with van der Waals surface area (Å²) in [5, 5.41) is 15.5. The molecule has 1 saturated carbocycles. The molecule has 0 spiro atoms. The highest BCUT2D eigenvalue weighted by Gasteiger charge is 2.56. The molecule has 4 amide bonds. The van der Waals surface area contributed by atoms with E-state index < -0.39 is 29.2 Å². The third-order valence-corrected chi connectivity index (χ3v) is 9.55. The number of fused-ring (bicyclic) bond motifs is 1. The van der Waals surface area contributed by atoms with Crippen LogP contribution < -0.4 is 21.0 Å². The Morgan fingerprint density at radius 3 is 2.50 bits per heavy atom. The molecule has 1 unspecified atom stereocenters. The molecule has 1 aromatic heterocycles. The maximum absolute atomic E-state index is 14.3. The van der Waals surface area contributed by atoms with E-state index in [4.69, 9.17) is 28.0 Å². The van der Waals surface area contributed by atoms with E-state index in [2.05, 4.69) is 27.2 Å².